The number of ether oxygens (including phenoxy) is 1. The number of hydrogen-bond donors (Lipinski definition) is 1. The van der Waals surface area contributed by atoms with Crippen molar-refractivity contribution in [3.05, 3.63) is 27.7 Å². The van der Waals surface area contributed by atoms with Crippen LogP contribution in [0.1, 0.15) is 44.1 Å². The van der Waals surface area contributed by atoms with Crippen molar-refractivity contribution < 1.29 is 14.6 Å². The van der Waals surface area contributed by atoms with Crippen LogP contribution >= 0.6 is 23.2 Å². The monoisotopic (exact) mass is 330 g/mol. The fourth-order valence-corrected chi connectivity index (χ4v) is 3.79. The van der Waals surface area contributed by atoms with Gasteiger partial charge in [0.25, 0.3) is 0 Å². The molecule has 1 fully saturated rings. The van der Waals surface area contributed by atoms with Crippen LogP contribution in [0.4, 0.5) is 0 Å². The van der Waals surface area contributed by atoms with Crippen molar-refractivity contribution in [2.45, 2.75) is 44.9 Å². The number of rotatable bonds is 6. The molecule has 116 valence electrons. The molecule has 21 heavy (non-hydrogen) atoms. The number of hydrogen-bond acceptors (Lipinski definition) is 2. The number of carboxylic acids is 1. The van der Waals surface area contributed by atoms with E-state index in [1.165, 1.54) is 0 Å². The average molecular weight is 331 g/mol. The van der Waals surface area contributed by atoms with Gasteiger partial charge >= 0.3 is 5.97 Å². The summed E-state index contributed by atoms with van der Waals surface area (Å²) < 4.78 is 5.14. The first-order chi connectivity index (χ1) is 9.96. The number of carboxylic acid groups (broad SMARTS) is 1. The summed E-state index contributed by atoms with van der Waals surface area (Å²) in [4.78, 5) is 11.1. The lowest BCUT2D eigenvalue weighted by Crippen LogP contribution is -2.21. The predicted molar refractivity (Wildman–Crippen MR) is 84.5 cm³/mol. The van der Waals surface area contributed by atoms with Crippen molar-refractivity contribution in [1.82, 2.24) is 0 Å². The van der Waals surface area contributed by atoms with Gasteiger partial charge in [-0.3, -0.25) is 4.79 Å². The lowest BCUT2D eigenvalue weighted by Gasteiger charge is -2.27. The SMILES string of the molecule is COc1cc(Cl)c(CCC2(CC(=O)O)CCCC2)cc1Cl. The molecule has 1 aromatic rings. The summed E-state index contributed by atoms with van der Waals surface area (Å²) in [7, 11) is 1.55. The van der Waals surface area contributed by atoms with Crippen LogP contribution in [0.3, 0.4) is 0 Å². The van der Waals surface area contributed by atoms with E-state index in [0.717, 1.165) is 44.1 Å². The summed E-state index contributed by atoms with van der Waals surface area (Å²) in [6.07, 6.45) is 6.03. The van der Waals surface area contributed by atoms with Crippen LogP contribution in [0.25, 0.3) is 0 Å². The van der Waals surface area contributed by atoms with Crippen molar-refractivity contribution in [2.24, 2.45) is 5.41 Å². The molecule has 0 atom stereocenters. The second-order valence-electron chi connectivity index (χ2n) is 5.86. The third kappa shape index (κ3) is 4.04. The minimum absolute atomic E-state index is 0.0818. The molecule has 1 N–H and O–H groups in total. The molecule has 0 spiro atoms. The molecular formula is C16H20Cl2O3. The average Bonchev–Trinajstić information content (AvgIpc) is 2.87. The Morgan fingerprint density at radius 2 is 1.95 bits per heavy atom. The van der Waals surface area contributed by atoms with E-state index in [4.69, 9.17) is 33.0 Å². The van der Waals surface area contributed by atoms with Gasteiger partial charge in [0.1, 0.15) is 5.75 Å². The van der Waals surface area contributed by atoms with E-state index in [0.29, 0.717) is 15.8 Å². The zero-order valence-corrected chi connectivity index (χ0v) is 13.6. The number of halogens is 2. The Kier molecular flexibility index (Phi) is 5.39. The molecule has 0 aromatic heterocycles. The van der Waals surface area contributed by atoms with Gasteiger partial charge in [0.2, 0.25) is 0 Å². The number of aliphatic carboxylic acids is 1. The van der Waals surface area contributed by atoms with E-state index in [2.05, 4.69) is 0 Å². The molecular weight excluding hydrogens is 311 g/mol. The third-order valence-corrected chi connectivity index (χ3v) is 5.08. The Hall–Kier alpha value is -0.930. The van der Waals surface area contributed by atoms with Gasteiger partial charge in [0, 0.05) is 11.1 Å². The highest BCUT2D eigenvalue weighted by atomic mass is 35.5. The summed E-state index contributed by atoms with van der Waals surface area (Å²) in [5.41, 5.74) is 0.876. The first kappa shape index (κ1) is 16.4. The van der Waals surface area contributed by atoms with Crippen LogP contribution < -0.4 is 4.74 Å². The van der Waals surface area contributed by atoms with Crippen molar-refractivity contribution in [3.8, 4) is 5.75 Å². The summed E-state index contributed by atoms with van der Waals surface area (Å²) in [5, 5.41) is 10.3. The van der Waals surface area contributed by atoms with Gasteiger partial charge < -0.3 is 9.84 Å². The van der Waals surface area contributed by atoms with Crippen LogP contribution in [0, 0.1) is 5.41 Å². The third-order valence-electron chi connectivity index (χ3n) is 4.44. The molecule has 3 nitrogen and oxygen atoms in total. The van der Waals surface area contributed by atoms with E-state index >= 15 is 0 Å². The molecule has 0 heterocycles. The molecule has 0 unspecified atom stereocenters. The molecule has 0 amide bonds. The Morgan fingerprint density at radius 3 is 2.52 bits per heavy atom. The van der Waals surface area contributed by atoms with E-state index in [1.807, 2.05) is 6.07 Å². The van der Waals surface area contributed by atoms with Crippen LogP contribution in [-0.2, 0) is 11.2 Å². The molecule has 1 aromatic carbocycles. The van der Waals surface area contributed by atoms with Crippen molar-refractivity contribution >= 4 is 29.2 Å². The minimum Gasteiger partial charge on any atom is -0.495 e. The smallest absolute Gasteiger partial charge is 0.303 e. The number of aryl methyl sites for hydroxylation is 1. The second kappa shape index (κ2) is 6.89. The number of carbonyl (C=O) groups is 1. The van der Waals surface area contributed by atoms with Crippen LogP contribution in [0.5, 0.6) is 5.75 Å². The Balaban J connectivity index is 2.11. The first-order valence-electron chi connectivity index (χ1n) is 7.19. The summed E-state index contributed by atoms with van der Waals surface area (Å²) >= 11 is 12.4. The van der Waals surface area contributed by atoms with Crippen LogP contribution in [-0.4, -0.2) is 18.2 Å². The van der Waals surface area contributed by atoms with Gasteiger partial charge in [-0.15, -0.1) is 0 Å². The Bertz CT molecular complexity index is 522. The van der Waals surface area contributed by atoms with Gasteiger partial charge in [-0.25, -0.2) is 0 Å². The second-order valence-corrected chi connectivity index (χ2v) is 6.67. The lowest BCUT2D eigenvalue weighted by atomic mass is 9.77. The molecule has 0 saturated heterocycles. The normalized spacial score (nSPS) is 16.9. The highest BCUT2D eigenvalue weighted by Gasteiger charge is 2.35. The topological polar surface area (TPSA) is 46.5 Å². The maximum atomic E-state index is 11.1. The maximum absolute atomic E-state index is 11.1. The fraction of sp³-hybridized carbons (Fsp3) is 0.562. The van der Waals surface area contributed by atoms with Crippen molar-refractivity contribution in [2.75, 3.05) is 7.11 Å². The summed E-state index contributed by atoms with van der Waals surface area (Å²) in [5.74, 6) is -0.151. The highest BCUT2D eigenvalue weighted by Crippen LogP contribution is 2.45. The molecule has 5 heteroatoms. The molecule has 0 radical (unpaired) electrons. The standard InChI is InChI=1S/C16H20Cl2O3/c1-21-14-9-12(17)11(8-13(14)18)4-7-16(10-15(19)20)5-2-3-6-16/h8-9H,2-7,10H2,1H3,(H,19,20). The van der Waals surface area contributed by atoms with Crippen LogP contribution in [0.15, 0.2) is 12.1 Å². The van der Waals surface area contributed by atoms with Crippen LogP contribution in [0.2, 0.25) is 10.0 Å². The van der Waals surface area contributed by atoms with Gasteiger partial charge in [0.15, 0.2) is 0 Å². The molecule has 1 aliphatic rings. The van der Waals surface area contributed by atoms with E-state index in [1.54, 1.807) is 13.2 Å². The Labute approximate surface area is 135 Å². The zero-order valence-electron chi connectivity index (χ0n) is 12.1. The van der Waals surface area contributed by atoms with Crippen molar-refractivity contribution in [1.29, 1.82) is 0 Å². The lowest BCUT2D eigenvalue weighted by molar-refractivity contribution is -0.139. The minimum atomic E-state index is -0.712. The predicted octanol–water partition coefficient (Wildman–Crippen LogP) is 4.97. The fourth-order valence-electron chi connectivity index (χ4n) is 3.28. The highest BCUT2D eigenvalue weighted by molar-refractivity contribution is 6.34. The van der Waals surface area contributed by atoms with Gasteiger partial charge in [0.05, 0.1) is 18.6 Å². The number of methoxy groups -OCH3 is 1. The Morgan fingerprint density at radius 1 is 1.29 bits per heavy atom. The largest absolute Gasteiger partial charge is 0.495 e. The van der Waals surface area contributed by atoms with Gasteiger partial charge in [-0.2, -0.15) is 0 Å². The van der Waals surface area contributed by atoms with Gasteiger partial charge in [-0.05, 0) is 42.7 Å². The molecule has 1 saturated carbocycles. The number of benzene rings is 1. The summed E-state index contributed by atoms with van der Waals surface area (Å²) in [6, 6.07) is 3.55. The quantitative estimate of drug-likeness (QED) is 0.800. The first-order valence-corrected chi connectivity index (χ1v) is 7.95. The van der Waals surface area contributed by atoms with E-state index in [-0.39, 0.29) is 11.8 Å². The maximum Gasteiger partial charge on any atom is 0.303 e. The molecule has 0 bridgehead atoms. The van der Waals surface area contributed by atoms with Crippen molar-refractivity contribution in [3.63, 3.8) is 0 Å². The zero-order chi connectivity index (χ0) is 15.5. The molecule has 2 rings (SSSR count). The van der Waals surface area contributed by atoms with Gasteiger partial charge in [-0.1, -0.05) is 36.0 Å². The van der Waals surface area contributed by atoms with E-state index < -0.39 is 5.97 Å². The summed E-state index contributed by atoms with van der Waals surface area (Å²) in [6.45, 7) is 0. The molecule has 0 aliphatic heterocycles. The molecule has 1 aliphatic carbocycles. The van der Waals surface area contributed by atoms with E-state index in [9.17, 15) is 4.79 Å².